The monoisotopic (exact) mass is 304 g/mol. The molecule has 4 nitrogen and oxygen atoms in total. The summed E-state index contributed by atoms with van der Waals surface area (Å²) in [4.78, 5) is 12.3. The minimum atomic E-state index is 0. The van der Waals surface area contributed by atoms with Crippen LogP contribution in [0.25, 0.3) is 0 Å². The predicted molar refractivity (Wildman–Crippen MR) is 83.2 cm³/mol. The van der Waals surface area contributed by atoms with Crippen LogP contribution in [-0.4, -0.2) is 37.7 Å². The van der Waals surface area contributed by atoms with Gasteiger partial charge in [0.25, 0.3) is 0 Å². The van der Waals surface area contributed by atoms with E-state index in [0.717, 1.165) is 38.6 Å². The Morgan fingerprint density at radius 2 is 2.05 bits per heavy atom. The number of hydrogen-bond acceptors (Lipinski definition) is 3. The van der Waals surface area contributed by atoms with Crippen LogP contribution in [0.4, 0.5) is 0 Å². The summed E-state index contributed by atoms with van der Waals surface area (Å²) in [5.41, 5.74) is 0.138. The first kappa shape index (κ1) is 17.7. The van der Waals surface area contributed by atoms with Crippen molar-refractivity contribution in [3.8, 4) is 0 Å². The topological polar surface area (TPSA) is 50.4 Å². The first-order valence-corrected chi connectivity index (χ1v) is 7.74. The Morgan fingerprint density at radius 1 is 1.35 bits per heavy atom. The fourth-order valence-corrected chi connectivity index (χ4v) is 3.83. The van der Waals surface area contributed by atoms with Crippen molar-refractivity contribution in [3.63, 3.8) is 0 Å². The standard InChI is InChI=1S/C15H28N2O2.ClH/c1-4-15(5-2)12(10-13(15)19-3)17-14(18)11-8-6-7-9-16-11;/h11-13,16H,4-10H2,1-3H3,(H,17,18);1H. The van der Waals surface area contributed by atoms with Crippen molar-refractivity contribution in [2.24, 2.45) is 5.41 Å². The molecular formula is C15H29ClN2O2. The number of carbonyl (C=O) groups is 1. The van der Waals surface area contributed by atoms with Crippen LogP contribution in [0, 0.1) is 5.41 Å². The van der Waals surface area contributed by atoms with E-state index in [0.29, 0.717) is 6.10 Å². The SMILES string of the molecule is CCC1(CC)C(NC(=O)C2CCCCN2)CC1OC.Cl. The third kappa shape index (κ3) is 3.12. The summed E-state index contributed by atoms with van der Waals surface area (Å²) >= 11 is 0. The molecule has 0 radical (unpaired) electrons. The lowest BCUT2D eigenvalue weighted by atomic mass is 9.58. The van der Waals surface area contributed by atoms with Crippen molar-refractivity contribution >= 4 is 18.3 Å². The second-order valence-corrected chi connectivity index (χ2v) is 5.96. The Hall–Kier alpha value is -0.320. The molecule has 1 saturated carbocycles. The summed E-state index contributed by atoms with van der Waals surface area (Å²) in [6.07, 6.45) is 6.69. The molecule has 0 aromatic heterocycles. The van der Waals surface area contributed by atoms with Gasteiger partial charge in [-0.3, -0.25) is 4.79 Å². The molecule has 0 aromatic carbocycles. The summed E-state index contributed by atoms with van der Waals surface area (Å²) in [5, 5.41) is 6.58. The van der Waals surface area contributed by atoms with Crippen LogP contribution >= 0.6 is 12.4 Å². The van der Waals surface area contributed by atoms with Gasteiger partial charge in [0.2, 0.25) is 5.91 Å². The first-order valence-electron chi connectivity index (χ1n) is 7.74. The minimum Gasteiger partial charge on any atom is -0.381 e. The number of hydrogen-bond donors (Lipinski definition) is 2. The molecule has 1 aliphatic carbocycles. The van der Waals surface area contributed by atoms with E-state index >= 15 is 0 Å². The lowest BCUT2D eigenvalue weighted by molar-refractivity contribution is -0.143. The Morgan fingerprint density at radius 3 is 2.55 bits per heavy atom. The summed E-state index contributed by atoms with van der Waals surface area (Å²) < 4.78 is 5.57. The average molecular weight is 305 g/mol. The van der Waals surface area contributed by atoms with Crippen LogP contribution < -0.4 is 10.6 Å². The van der Waals surface area contributed by atoms with Gasteiger partial charge in [-0.05, 0) is 38.6 Å². The molecule has 20 heavy (non-hydrogen) atoms. The maximum absolute atomic E-state index is 12.3. The number of ether oxygens (including phenoxy) is 1. The van der Waals surface area contributed by atoms with Gasteiger partial charge in [0.1, 0.15) is 0 Å². The molecule has 2 aliphatic rings. The van der Waals surface area contributed by atoms with Gasteiger partial charge in [0.15, 0.2) is 0 Å². The van der Waals surface area contributed by atoms with Crippen LogP contribution in [0.15, 0.2) is 0 Å². The van der Waals surface area contributed by atoms with Crippen LogP contribution in [0.2, 0.25) is 0 Å². The Bertz CT molecular complexity index is 315. The van der Waals surface area contributed by atoms with E-state index in [2.05, 4.69) is 24.5 Å². The molecule has 2 fully saturated rings. The molecule has 0 spiro atoms. The second kappa shape index (κ2) is 7.62. The molecule has 5 heteroatoms. The molecular weight excluding hydrogens is 276 g/mol. The van der Waals surface area contributed by atoms with E-state index in [1.807, 2.05) is 0 Å². The van der Waals surface area contributed by atoms with Gasteiger partial charge in [-0.15, -0.1) is 12.4 Å². The zero-order chi connectivity index (χ0) is 13.9. The number of halogens is 1. The molecule has 1 aliphatic heterocycles. The van der Waals surface area contributed by atoms with E-state index in [-0.39, 0.29) is 35.8 Å². The number of carbonyl (C=O) groups excluding carboxylic acids is 1. The van der Waals surface area contributed by atoms with E-state index in [1.165, 1.54) is 6.42 Å². The fraction of sp³-hybridized carbons (Fsp3) is 0.933. The van der Waals surface area contributed by atoms with Gasteiger partial charge in [0, 0.05) is 18.6 Å². The third-order valence-corrected chi connectivity index (χ3v) is 5.33. The van der Waals surface area contributed by atoms with E-state index in [4.69, 9.17) is 4.74 Å². The molecule has 2 rings (SSSR count). The van der Waals surface area contributed by atoms with E-state index < -0.39 is 0 Å². The lowest BCUT2D eigenvalue weighted by Crippen LogP contribution is -2.66. The highest BCUT2D eigenvalue weighted by Gasteiger charge is 2.53. The van der Waals surface area contributed by atoms with Gasteiger partial charge >= 0.3 is 0 Å². The predicted octanol–water partition coefficient (Wildman–Crippen LogP) is 2.26. The van der Waals surface area contributed by atoms with Gasteiger partial charge in [-0.25, -0.2) is 0 Å². The van der Waals surface area contributed by atoms with Crippen molar-refractivity contribution in [1.82, 2.24) is 10.6 Å². The maximum atomic E-state index is 12.3. The second-order valence-electron chi connectivity index (χ2n) is 5.96. The molecule has 3 atom stereocenters. The quantitative estimate of drug-likeness (QED) is 0.819. The van der Waals surface area contributed by atoms with Crippen LogP contribution in [0.1, 0.15) is 52.4 Å². The summed E-state index contributed by atoms with van der Waals surface area (Å²) in [5.74, 6) is 0.186. The molecule has 3 unspecified atom stereocenters. The van der Waals surface area contributed by atoms with Gasteiger partial charge < -0.3 is 15.4 Å². The molecule has 0 aromatic rings. The third-order valence-electron chi connectivity index (χ3n) is 5.33. The van der Waals surface area contributed by atoms with Crippen molar-refractivity contribution in [1.29, 1.82) is 0 Å². The zero-order valence-corrected chi connectivity index (χ0v) is 13.7. The highest BCUT2D eigenvalue weighted by Crippen LogP contribution is 2.48. The lowest BCUT2D eigenvalue weighted by Gasteiger charge is -2.55. The minimum absolute atomic E-state index is 0. The van der Waals surface area contributed by atoms with Gasteiger partial charge in [-0.1, -0.05) is 20.3 Å². The number of amides is 1. The van der Waals surface area contributed by atoms with Crippen LogP contribution in [0.5, 0.6) is 0 Å². The molecule has 1 saturated heterocycles. The van der Waals surface area contributed by atoms with Crippen molar-refractivity contribution < 1.29 is 9.53 Å². The Balaban J connectivity index is 0.00000200. The highest BCUT2D eigenvalue weighted by molar-refractivity contribution is 5.85. The average Bonchev–Trinajstić information content (AvgIpc) is 2.45. The summed E-state index contributed by atoms with van der Waals surface area (Å²) in [6, 6.07) is 0.297. The zero-order valence-electron chi connectivity index (χ0n) is 12.9. The summed E-state index contributed by atoms with van der Waals surface area (Å²) in [6.45, 7) is 5.37. The van der Waals surface area contributed by atoms with Crippen LogP contribution in [0.3, 0.4) is 0 Å². The molecule has 1 amide bonds. The van der Waals surface area contributed by atoms with Crippen molar-refractivity contribution in [2.75, 3.05) is 13.7 Å². The van der Waals surface area contributed by atoms with Gasteiger partial charge in [-0.2, -0.15) is 0 Å². The molecule has 1 heterocycles. The number of methoxy groups -OCH3 is 1. The maximum Gasteiger partial charge on any atom is 0.237 e. The summed E-state index contributed by atoms with van der Waals surface area (Å²) in [7, 11) is 1.78. The Kier molecular flexibility index (Phi) is 6.76. The van der Waals surface area contributed by atoms with Crippen molar-refractivity contribution in [2.45, 2.75) is 70.6 Å². The smallest absolute Gasteiger partial charge is 0.237 e. The number of nitrogens with one attached hydrogen (secondary N) is 2. The largest absolute Gasteiger partial charge is 0.381 e. The van der Waals surface area contributed by atoms with Crippen molar-refractivity contribution in [3.05, 3.63) is 0 Å². The Labute approximate surface area is 128 Å². The molecule has 2 N–H and O–H groups in total. The molecule has 0 bridgehead atoms. The van der Waals surface area contributed by atoms with Gasteiger partial charge in [0.05, 0.1) is 12.1 Å². The van der Waals surface area contributed by atoms with Crippen LogP contribution in [-0.2, 0) is 9.53 Å². The number of piperidine rings is 1. The normalized spacial score (nSPS) is 31.9. The fourth-order valence-electron chi connectivity index (χ4n) is 3.83. The van der Waals surface area contributed by atoms with E-state index in [1.54, 1.807) is 7.11 Å². The first-order chi connectivity index (χ1) is 9.17. The van der Waals surface area contributed by atoms with E-state index in [9.17, 15) is 4.79 Å². The molecule has 118 valence electrons. The highest BCUT2D eigenvalue weighted by atomic mass is 35.5. The number of rotatable bonds is 5.